The smallest absolute Gasteiger partial charge is 0.407 e. The molecule has 1 saturated heterocycles. The number of hydrogen-bond acceptors (Lipinski definition) is 4. The molecule has 2 rings (SSSR count). The number of carbonyl (C=O) groups excluding carboxylic acids is 1. The maximum Gasteiger partial charge on any atom is 0.407 e. The quantitative estimate of drug-likeness (QED) is 0.368. The SMILES string of the molecule is CN=C(NCCN(C)c1ccccc1)N1CC[C@@H](NC(=O)OC(C)(C)C)C1.I. The van der Waals surface area contributed by atoms with Gasteiger partial charge in [-0.3, -0.25) is 4.99 Å². The summed E-state index contributed by atoms with van der Waals surface area (Å²) < 4.78 is 5.34. The molecule has 1 aliphatic heterocycles. The van der Waals surface area contributed by atoms with E-state index in [1.807, 2.05) is 39.0 Å². The van der Waals surface area contributed by atoms with E-state index in [4.69, 9.17) is 4.74 Å². The maximum absolute atomic E-state index is 11.9. The molecular weight excluding hydrogens is 469 g/mol. The molecule has 1 aromatic rings. The number of ether oxygens (including phenoxy) is 1. The summed E-state index contributed by atoms with van der Waals surface area (Å²) >= 11 is 0. The van der Waals surface area contributed by atoms with E-state index >= 15 is 0 Å². The first-order valence-electron chi connectivity index (χ1n) is 9.50. The van der Waals surface area contributed by atoms with E-state index in [9.17, 15) is 4.79 Å². The van der Waals surface area contributed by atoms with Crippen molar-refractivity contribution in [1.82, 2.24) is 15.5 Å². The number of aliphatic imine (C=N–C) groups is 1. The number of nitrogens with zero attached hydrogens (tertiary/aromatic N) is 3. The second-order valence-corrected chi connectivity index (χ2v) is 7.81. The predicted octanol–water partition coefficient (Wildman–Crippen LogP) is 2.92. The Morgan fingerprint density at radius 3 is 2.61 bits per heavy atom. The van der Waals surface area contributed by atoms with Crippen molar-refractivity contribution in [3.63, 3.8) is 0 Å². The Hall–Kier alpha value is -1.71. The lowest BCUT2D eigenvalue weighted by molar-refractivity contribution is 0.0507. The average Bonchev–Trinajstić information content (AvgIpc) is 3.05. The summed E-state index contributed by atoms with van der Waals surface area (Å²) in [6.45, 7) is 8.85. The number of alkyl carbamates (subject to hydrolysis) is 1. The number of para-hydroxylation sites is 1. The number of anilines is 1. The molecule has 8 heteroatoms. The van der Waals surface area contributed by atoms with Crippen LogP contribution in [0, 0.1) is 0 Å². The van der Waals surface area contributed by atoms with Gasteiger partial charge in [0.2, 0.25) is 0 Å². The second-order valence-electron chi connectivity index (χ2n) is 7.81. The normalized spacial score (nSPS) is 17.0. The minimum absolute atomic E-state index is 0. The standard InChI is InChI=1S/C20H33N5O2.HI/c1-20(2,3)27-19(26)23-16-11-13-25(15-16)18(21-4)22-12-14-24(5)17-9-7-6-8-10-17;/h6-10,16H,11-15H2,1-5H3,(H,21,22)(H,23,26);1H/t16-;/m1./s1. The zero-order chi connectivity index (χ0) is 19.9. The molecule has 0 radical (unpaired) electrons. The highest BCUT2D eigenvalue weighted by Gasteiger charge is 2.27. The third-order valence-electron chi connectivity index (χ3n) is 4.35. The van der Waals surface area contributed by atoms with Gasteiger partial charge in [0, 0.05) is 46.0 Å². The Balaban J connectivity index is 0.00000392. The average molecular weight is 503 g/mol. The Labute approximate surface area is 185 Å². The number of benzene rings is 1. The van der Waals surface area contributed by atoms with Crippen LogP contribution in [0.25, 0.3) is 0 Å². The van der Waals surface area contributed by atoms with Crippen LogP contribution in [0.4, 0.5) is 10.5 Å². The molecule has 1 fully saturated rings. The molecule has 158 valence electrons. The Morgan fingerprint density at radius 1 is 1.32 bits per heavy atom. The molecule has 1 heterocycles. The van der Waals surface area contributed by atoms with E-state index in [0.29, 0.717) is 0 Å². The van der Waals surface area contributed by atoms with E-state index in [-0.39, 0.29) is 36.1 Å². The highest BCUT2D eigenvalue weighted by Crippen LogP contribution is 2.12. The summed E-state index contributed by atoms with van der Waals surface area (Å²) in [5.41, 5.74) is 0.710. The molecule has 1 aromatic carbocycles. The number of rotatable bonds is 5. The zero-order valence-corrected chi connectivity index (χ0v) is 19.9. The first-order valence-corrected chi connectivity index (χ1v) is 9.50. The van der Waals surface area contributed by atoms with Crippen molar-refractivity contribution < 1.29 is 9.53 Å². The van der Waals surface area contributed by atoms with Gasteiger partial charge in [-0.25, -0.2) is 4.79 Å². The number of halogens is 1. The molecule has 0 bridgehead atoms. The number of nitrogens with one attached hydrogen (secondary N) is 2. The van der Waals surface area contributed by atoms with Crippen molar-refractivity contribution in [2.75, 3.05) is 45.2 Å². The lowest BCUT2D eigenvalue weighted by Gasteiger charge is -2.25. The van der Waals surface area contributed by atoms with Gasteiger partial charge in [0.15, 0.2) is 5.96 Å². The number of likely N-dealkylation sites (N-methyl/N-ethyl adjacent to an activating group) is 1. The van der Waals surface area contributed by atoms with Crippen LogP contribution >= 0.6 is 24.0 Å². The van der Waals surface area contributed by atoms with Gasteiger partial charge in [-0.2, -0.15) is 0 Å². The minimum Gasteiger partial charge on any atom is -0.444 e. The van der Waals surface area contributed by atoms with E-state index < -0.39 is 5.60 Å². The molecule has 0 aromatic heterocycles. The third-order valence-corrected chi connectivity index (χ3v) is 4.35. The fourth-order valence-corrected chi connectivity index (χ4v) is 3.02. The Kier molecular flexibility index (Phi) is 9.84. The van der Waals surface area contributed by atoms with Crippen LogP contribution in [0.5, 0.6) is 0 Å². The second kappa shape index (κ2) is 11.3. The summed E-state index contributed by atoms with van der Waals surface area (Å²) in [5.74, 6) is 0.866. The van der Waals surface area contributed by atoms with Gasteiger partial charge in [-0.15, -0.1) is 24.0 Å². The maximum atomic E-state index is 11.9. The van der Waals surface area contributed by atoms with Gasteiger partial charge in [0.1, 0.15) is 5.60 Å². The van der Waals surface area contributed by atoms with Crippen molar-refractivity contribution >= 4 is 41.7 Å². The highest BCUT2D eigenvalue weighted by molar-refractivity contribution is 14.0. The summed E-state index contributed by atoms with van der Waals surface area (Å²) in [7, 11) is 3.87. The van der Waals surface area contributed by atoms with Crippen molar-refractivity contribution in [1.29, 1.82) is 0 Å². The van der Waals surface area contributed by atoms with Gasteiger partial charge >= 0.3 is 6.09 Å². The largest absolute Gasteiger partial charge is 0.444 e. The first-order chi connectivity index (χ1) is 12.8. The molecule has 0 aliphatic carbocycles. The number of amides is 1. The molecule has 1 amide bonds. The van der Waals surface area contributed by atoms with Crippen LogP contribution in [-0.2, 0) is 4.74 Å². The topological polar surface area (TPSA) is 69.2 Å². The summed E-state index contributed by atoms with van der Waals surface area (Å²) in [5, 5.41) is 6.36. The molecule has 28 heavy (non-hydrogen) atoms. The molecule has 0 spiro atoms. The van der Waals surface area contributed by atoms with Gasteiger partial charge in [-0.05, 0) is 39.3 Å². The van der Waals surface area contributed by atoms with Gasteiger partial charge in [0.25, 0.3) is 0 Å². The van der Waals surface area contributed by atoms with Crippen molar-refractivity contribution in [2.24, 2.45) is 4.99 Å². The number of hydrogen-bond donors (Lipinski definition) is 2. The lowest BCUT2D eigenvalue weighted by atomic mass is 10.2. The first kappa shape index (κ1) is 24.3. The van der Waals surface area contributed by atoms with E-state index in [2.05, 4.69) is 44.6 Å². The summed E-state index contributed by atoms with van der Waals surface area (Å²) in [4.78, 5) is 20.7. The molecule has 2 N–H and O–H groups in total. The van der Waals surface area contributed by atoms with Crippen LogP contribution in [0.15, 0.2) is 35.3 Å². The fraction of sp³-hybridized carbons (Fsp3) is 0.600. The van der Waals surface area contributed by atoms with Gasteiger partial charge in [0.05, 0.1) is 6.04 Å². The lowest BCUT2D eigenvalue weighted by Crippen LogP contribution is -2.45. The number of likely N-dealkylation sites (tertiary alicyclic amines) is 1. The molecule has 1 aliphatic rings. The zero-order valence-electron chi connectivity index (χ0n) is 17.6. The Bertz CT molecular complexity index is 633. The van der Waals surface area contributed by atoms with E-state index in [1.54, 1.807) is 7.05 Å². The van der Waals surface area contributed by atoms with Gasteiger partial charge < -0.3 is 25.2 Å². The third kappa shape index (κ3) is 8.12. The molecule has 7 nitrogen and oxygen atoms in total. The molecular formula is C20H34IN5O2. The fourth-order valence-electron chi connectivity index (χ4n) is 3.02. The van der Waals surface area contributed by atoms with Crippen LogP contribution in [0.1, 0.15) is 27.2 Å². The molecule has 1 atom stereocenters. The van der Waals surface area contributed by atoms with E-state index in [1.165, 1.54) is 5.69 Å². The van der Waals surface area contributed by atoms with E-state index in [0.717, 1.165) is 38.6 Å². The van der Waals surface area contributed by atoms with Crippen molar-refractivity contribution in [2.45, 2.75) is 38.8 Å². The molecule has 0 saturated carbocycles. The predicted molar refractivity (Wildman–Crippen MR) is 126 cm³/mol. The monoisotopic (exact) mass is 503 g/mol. The summed E-state index contributed by atoms with van der Waals surface area (Å²) in [6.07, 6.45) is 0.519. The Morgan fingerprint density at radius 2 is 2.00 bits per heavy atom. The number of guanidine groups is 1. The summed E-state index contributed by atoms with van der Waals surface area (Å²) in [6, 6.07) is 10.4. The molecule has 0 unspecified atom stereocenters. The minimum atomic E-state index is -0.481. The van der Waals surface area contributed by atoms with Crippen LogP contribution < -0.4 is 15.5 Å². The van der Waals surface area contributed by atoms with Crippen molar-refractivity contribution in [3.8, 4) is 0 Å². The highest BCUT2D eigenvalue weighted by atomic mass is 127. The van der Waals surface area contributed by atoms with Crippen LogP contribution in [0.2, 0.25) is 0 Å². The van der Waals surface area contributed by atoms with Crippen LogP contribution in [-0.4, -0.2) is 68.9 Å². The van der Waals surface area contributed by atoms with Crippen molar-refractivity contribution in [3.05, 3.63) is 30.3 Å². The number of carbonyl (C=O) groups is 1. The van der Waals surface area contributed by atoms with Crippen LogP contribution in [0.3, 0.4) is 0 Å². The van der Waals surface area contributed by atoms with Gasteiger partial charge in [-0.1, -0.05) is 18.2 Å².